The van der Waals surface area contributed by atoms with E-state index in [-0.39, 0.29) is 39.3 Å². The highest BCUT2D eigenvalue weighted by Crippen LogP contribution is 2.43. The standard InChI is InChI=1S/C22H40BrN5O4Si2/c1-21(2,3)33(7,8)30-12-14-13(32-34(9,10)22(4,5)6)11-15(31-14)28-17-16(25-19(28)23)18(29)27-20(24)26-17/h13-15H,11-12H2,1-10H3,(H3,24,26,27,29)/t13?,14-,15+/m0/s1. The second kappa shape index (κ2) is 9.11. The Kier molecular flexibility index (Phi) is 7.38. The Morgan fingerprint density at radius 3 is 2.26 bits per heavy atom. The summed E-state index contributed by atoms with van der Waals surface area (Å²) in [7, 11) is -4.06. The molecule has 1 fully saturated rings. The van der Waals surface area contributed by atoms with Crippen molar-refractivity contribution in [1.29, 1.82) is 0 Å². The molecule has 1 unspecified atom stereocenters. The molecule has 12 heteroatoms. The zero-order valence-electron chi connectivity index (χ0n) is 22.1. The smallest absolute Gasteiger partial charge is 0.280 e. The Morgan fingerprint density at radius 2 is 1.71 bits per heavy atom. The Morgan fingerprint density at radius 1 is 1.12 bits per heavy atom. The average Bonchev–Trinajstić information content (AvgIpc) is 3.17. The van der Waals surface area contributed by atoms with Gasteiger partial charge in [-0.3, -0.25) is 14.3 Å². The summed E-state index contributed by atoms with van der Waals surface area (Å²) in [5.41, 5.74) is 6.04. The molecule has 3 heterocycles. The summed E-state index contributed by atoms with van der Waals surface area (Å²) in [5.74, 6) is 0.0380. The summed E-state index contributed by atoms with van der Waals surface area (Å²) in [5, 5.41) is 0.147. The molecule has 0 spiro atoms. The molecule has 2 aromatic heterocycles. The van der Waals surface area contributed by atoms with Crippen molar-refractivity contribution in [1.82, 2.24) is 19.5 Å². The number of nitrogen functional groups attached to an aromatic ring is 1. The topological polar surface area (TPSA) is 117 Å². The quantitative estimate of drug-likeness (QED) is 0.361. The molecule has 3 N–H and O–H groups in total. The van der Waals surface area contributed by atoms with Crippen LogP contribution in [0.3, 0.4) is 0 Å². The van der Waals surface area contributed by atoms with Gasteiger partial charge in [0.1, 0.15) is 12.3 Å². The Bertz CT molecular complexity index is 1100. The average molecular weight is 575 g/mol. The summed E-state index contributed by atoms with van der Waals surface area (Å²) < 4.78 is 22.2. The molecule has 9 nitrogen and oxygen atoms in total. The van der Waals surface area contributed by atoms with Crippen LogP contribution in [0, 0.1) is 0 Å². The molecule has 0 bridgehead atoms. The van der Waals surface area contributed by atoms with E-state index in [1.165, 1.54) is 0 Å². The van der Waals surface area contributed by atoms with Crippen molar-refractivity contribution in [2.45, 2.75) is 103 Å². The van der Waals surface area contributed by atoms with Gasteiger partial charge in [0.2, 0.25) is 5.95 Å². The molecule has 2 aromatic rings. The van der Waals surface area contributed by atoms with E-state index in [1.807, 2.05) is 0 Å². The van der Waals surface area contributed by atoms with E-state index in [9.17, 15) is 4.79 Å². The number of rotatable bonds is 6. The maximum absolute atomic E-state index is 12.4. The van der Waals surface area contributed by atoms with Crippen LogP contribution < -0.4 is 11.3 Å². The van der Waals surface area contributed by atoms with Crippen LogP contribution >= 0.6 is 15.9 Å². The zero-order valence-corrected chi connectivity index (χ0v) is 25.7. The van der Waals surface area contributed by atoms with Crippen molar-refractivity contribution in [3.8, 4) is 0 Å². The molecular formula is C22H40BrN5O4Si2. The molecule has 0 aliphatic carbocycles. The third-order valence-electron chi connectivity index (χ3n) is 7.66. The number of H-pyrrole nitrogens is 1. The number of hydrogen-bond donors (Lipinski definition) is 2. The fraction of sp³-hybridized carbons (Fsp3) is 0.773. The first-order chi connectivity index (χ1) is 15.3. The molecule has 34 heavy (non-hydrogen) atoms. The van der Waals surface area contributed by atoms with Crippen LogP contribution in [0.1, 0.15) is 54.2 Å². The second-order valence-corrected chi connectivity index (χ2v) is 22.5. The van der Waals surface area contributed by atoms with Gasteiger partial charge in [0.25, 0.3) is 5.56 Å². The lowest BCUT2D eigenvalue weighted by Crippen LogP contribution is -2.48. The summed E-state index contributed by atoms with van der Waals surface area (Å²) in [6.07, 6.45) is -0.233. The highest BCUT2D eigenvalue weighted by molar-refractivity contribution is 9.10. The van der Waals surface area contributed by atoms with E-state index in [4.69, 9.17) is 19.3 Å². The summed E-state index contributed by atoms with van der Waals surface area (Å²) >= 11 is 3.49. The Hall–Kier alpha value is -1.06. The lowest BCUT2D eigenvalue weighted by atomic mass is 10.2. The third kappa shape index (κ3) is 5.36. The van der Waals surface area contributed by atoms with Gasteiger partial charge in [-0.2, -0.15) is 4.98 Å². The first kappa shape index (κ1) is 27.5. The van der Waals surface area contributed by atoms with Crippen LogP contribution in [0.4, 0.5) is 5.95 Å². The number of anilines is 1. The van der Waals surface area contributed by atoms with Crippen LogP contribution in [-0.4, -0.2) is 55.0 Å². The Labute approximate surface area is 212 Å². The van der Waals surface area contributed by atoms with Crippen LogP contribution in [0.2, 0.25) is 36.3 Å². The second-order valence-electron chi connectivity index (χ2n) is 12.2. The van der Waals surface area contributed by atoms with Crippen LogP contribution in [0.25, 0.3) is 11.2 Å². The molecule has 0 saturated carbocycles. The van der Waals surface area contributed by atoms with Crippen molar-refractivity contribution >= 4 is 49.7 Å². The van der Waals surface area contributed by atoms with Crippen LogP contribution in [0.15, 0.2) is 9.53 Å². The van der Waals surface area contributed by atoms with E-state index in [2.05, 4.69) is 98.6 Å². The summed E-state index contributed by atoms with van der Waals surface area (Å²) in [6, 6.07) is 0. The molecule has 3 rings (SSSR count). The van der Waals surface area contributed by atoms with Gasteiger partial charge in [0, 0.05) is 6.42 Å². The van der Waals surface area contributed by atoms with E-state index in [0.717, 1.165) is 0 Å². The Balaban J connectivity index is 1.96. The number of ether oxygens (including phenoxy) is 1. The first-order valence-electron chi connectivity index (χ1n) is 11.7. The largest absolute Gasteiger partial charge is 0.414 e. The fourth-order valence-corrected chi connectivity index (χ4v) is 6.37. The molecule has 1 aliphatic heterocycles. The lowest BCUT2D eigenvalue weighted by molar-refractivity contribution is -0.0391. The van der Waals surface area contributed by atoms with Crippen molar-refractivity contribution in [2.75, 3.05) is 12.3 Å². The van der Waals surface area contributed by atoms with E-state index >= 15 is 0 Å². The SMILES string of the molecule is CC(C)(C)[Si](C)(C)OC[C@@H]1O[C@@H](n2c(Br)nc3c(=O)[nH]c(N)nc32)CC1O[Si](C)(C)C(C)(C)C. The van der Waals surface area contributed by atoms with Gasteiger partial charge >= 0.3 is 0 Å². The van der Waals surface area contributed by atoms with Crippen LogP contribution in [-0.2, 0) is 13.6 Å². The molecule has 0 radical (unpaired) electrons. The van der Waals surface area contributed by atoms with Gasteiger partial charge in [-0.15, -0.1) is 0 Å². The van der Waals surface area contributed by atoms with E-state index in [0.29, 0.717) is 23.4 Å². The maximum Gasteiger partial charge on any atom is 0.280 e. The summed E-state index contributed by atoms with van der Waals surface area (Å²) in [6.45, 7) is 22.8. The molecule has 3 atom stereocenters. The van der Waals surface area contributed by atoms with Crippen LogP contribution in [0.5, 0.6) is 0 Å². The van der Waals surface area contributed by atoms with Gasteiger partial charge < -0.3 is 19.3 Å². The molecule has 1 saturated heterocycles. The van der Waals surface area contributed by atoms with E-state index < -0.39 is 22.9 Å². The normalized spacial score (nSPS) is 22.6. The zero-order chi connectivity index (χ0) is 25.9. The van der Waals surface area contributed by atoms with Gasteiger partial charge in [-0.1, -0.05) is 41.5 Å². The number of aromatic nitrogens is 4. The molecule has 192 valence electrons. The number of nitrogens with zero attached hydrogens (tertiary/aromatic N) is 3. The van der Waals surface area contributed by atoms with Crippen molar-refractivity contribution in [3.05, 3.63) is 15.1 Å². The molecule has 1 aliphatic rings. The van der Waals surface area contributed by atoms with E-state index in [1.54, 1.807) is 4.57 Å². The highest BCUT2D eigenvalue weighted by atomic mass is 79.9. The van der Waals surface area contributed by atoms with Crippen molar-refractivity contribution in [3.63, 3.8) is 0 Å². The number of fused-ring (bicyclic) bond motifs is 1. The predicted molar refractivity (Wildman–Crippen MR) is 144 cm³/mol. The van der Waals surface area contributed by atoms with Gasteiger partial charge in [-0.05, 0) is 52.2 Å². The minimum absolute atomic E-state index is 0.0380. The van der Waals surface area contributed by atoms with Crippen molar-refractivity contribution in [2.24, 2.45) is 0 Å². The molecule has 0 amide bonds. The van der Waals surface area contributed by atoms with Crippen molar-refractivity contribution < 1.29 is 13.6 Å². The number of aromatic amines is 1. The first-order valence-corrected chi connectivity index (χ1v) is 18.4. The minimum Gasteiger partial charge on any atom is -0.414 e. The number of hydrogen-bond acceptors (Lipinski definition) is 7. The predicted octanol–water partition coefficient (Wildman–Crippen LogP) is 5.16. The molecular weight excluding hydrogens is 534 g/mol. The number of nitrogens with two attached hydrogens (primary N) is 1. The number of halogens is 1. The number of imidazole rings is 1. The fourth-order valence-electron chi connectivity index (χ4n) is 3.42. The van der Waals surface area contributed by atoms with Gasteiger partial charge in [0.05, 0.1) is 12.7 Å². The summed E-state index contributed by atoms with van der Waals surface area (Å²) in [4.78, 5) is 23.6. The maximum atomic E-state index is 12.4. The van der Waals surface area contributed by atoms with Gasteiger partial charge in [-0.25, -0.2) is 4.98 Å². The number of nitrogens with one attached hydrogen (secondary N) is 1. The third-order valence-corrected chi connectivity index (χ3v) is 17.2. The highest BCUT2D eigenvalue weighted by Gasteiger charge is 2.47. The molecule has 0 aromatic carbocycles. The lowest BCUT2D eigenvalue weighted by Gasteiger charge is -2.40. The monoisotopic (exact) mass is 573 g/mol. The minimum atomic E-state index is -2.07. The van der Waals surface area contributed by atoms with Gasteiger partial charge in [0.15, 0.2) is 32.5 Å².